The van der Waals surface area contributed by atoms with E-state index in [9.17, 15) is 14.4 Å². The zero-order chi connectivity index (χ0) is 18.0. The van der Waals surface area contributed by atoms with Gasteiger partial charge in [0.25, 0.3) is 0 Å². The van der Waals surface area contributed by atoms with Crippen molar-refractivity contribution in [2.75, 3.05) is 6.61 Å². The highest BCUT2D eigenvalue weighted by molar-refractivity contribution is 14.1. The van der Waals surface area contributed by atoms with Gasteiger partial charge in [0, 0.05) is 3.57 Å². The van der Waals surface area contributed by atoms with Crippen LogP contribution < -0.4 is 5.73 Å². The molecule has 1 heterocycles. The van der Waals surface area contributed by atoms with E-state index in [-0.39, 0.29) is 33.9 Å². The number of esters is 1. The molecule has 5 nitrogen and oxygen atoms in total. The number of nitriles is 1. The van der Waals surface area contributed by atoms with Gasteiger partial charge in [0.05, 0.1) is 22.6 Å². The Hall–Kier alpha value is -1.60. The van der Waals surface area contributed by atoms with Crippen LogP contribution in [0.15, 0.2) is 39.4 Å². The van der Waals surface area contributed by atoms with E-state index in [1.54, 1.807) is 19.9 Å². The van der Waals surface area contributed by atoms with Crippen LogP contribution in [0.5, 0.6) is 0 Å². The Labute approximate surface area is 160 Å². The minimum Gasteiger partial charge on any atom is -0.463 e. The zero-order valence-corrected chi connectivity index (χ0v) is 16.6. The Morgan fingerprint density at radius 3 is 2.83 bits per heavy atom. The van der Waals surface area contributed by atoms with Gasteiger partial charge in [-0.25, -0.2) is 9.18 Å². The molecule has 2 rings (SSSR count). The van der Waals surface area contributed by atoms with Crippen molar-refractivity contribution in [1.82, 2.24) is 0 Å². The van der Waals surface area contributed by atoms with Crippen molar-refractivity contribution < 1.29 is 18.7 Å². The van der Waals surface area contributed by atoms with Gasteiger partial charge in [-0.05, 0) is 70.1 Å². The summed E-state index contributed by atoms with van der Waals surface area (Å²) in [6.07, 6.45) is 0. The topological polar surface area (TPSA) is 85.3 Å². The Morgan fingerprint density at radius 1 is 1.58 bits per heavy atom. The minimum atomic E-state index is -0.850. The summed E-state index contributed by atoms with van der Waals surface area (Å²) in [6, 6.07) is 4.81. The van der Waals surface area contributed by atoms with E-state index in [0.717, 1.165) is 0 Å². The normalized spacial score (nSPS) is 17.4. The summed E-state index contributed by atoms with van der Waals surface area (Å²) in [5.41, 5.74) is 6.44. The maximum absolute atomic E-state index is 14.1. The van der Waals surface area contributed by atoms with Crippen molar-refractivity contribution in [3.8, 4) is 6.07 Å². The molecule has 1 aliphatic heterocycles. The average molecular weight is 507 g/mol. The Balaban J connectivity index is 2.72. The number of nitrogens with zero attached hydrogens (tertiary/aromatic N) is 1. The minimum absolute atomic E-state index is 0.0447. The molecule has 24 heavy (non-hydrogen) atoms. The molecule has 2 N–H and O–H groups in total. The van der Waals surface area contributed by atoms with Crippen LogP contribution in [0.3, 0.4) is 0 Å². The van der Waals surface area contributed by atoms with Gasteiger partial charge in [-0.1, -0.05) is 0 Å². The second-order valence-electron chi connectivity index (χ2n) is 4.90. The maximum atomic E-state index is 14.1. The van der Waals surface area contributed by atoms with Gasteiger partial charge in [-0.15, -0.1) is 0 Å². The molecule has 0 radical (unpaired) electrons. The molecular formula is C16H13BrFIN2O3. The summed E-state index contributed by atoms with van der Waals surface area (Å²) in [5.74, 6) is -1.86. The fourth-order valence-corrected chi connectivity index (χ4v) is 3.97. The molecule has 1 aromatic carbocycles. The first kappa shape index (κ1) is 18.7. The van der Waals surface area contributed by atoms with Crippen LogP contribution in [0.25, 0.3) is 0 Å². The summed E-state index contributed by atoms with van der Waals surface area (Å²) < 4.78 is 25.4. The van der Waals surface area contributed by atoms with Crippen LogP contribution >= 0.6 is 38.5 Å². The summed E-state index contributed by atoms with van der Waals surface area (Å²) in [7, 11) is 0. The van der Waals surface area contributed by atoms with E-state index in [1.165, 1.54) is 6.07 Å². The number of hydrogen-bond donors (Lipinski definition) is 1. The fourth-order valence-electron chi connectivity index (χ4n) is 2.42. The lowest BCUT2D eigenvalue weighted by Crippen LogP contribution is -2.26. The quantitative estimate of drug-likeness (QED) is 0.382. The number of nitrogens with two attached hydrogens (primary N) is 1. The van der Waals surface area contributed by atoms with Crippen LogP contribution in [-0.4, -0.2) is 12.6 Å². The lowest BCUT2D eigenvalue weighted by atomic mass is 9.83. The number of ether oxygens (including phenoxy) is 2. The first-order chi connectivity index (χ1) is 11.3. The van der Waals surface area contributed by atoms with Gasteiger partial charge in [0.2, 0.25) is 5.88 Å². The summed E-state index contributed by atoms with van der Waals surface area (Å²) in [6.45, 7) is 3.39. The van der Waals surface area contributed by atoms with Gasteiger partial charge in [-0.2, -0.15) is 5.26 Å². The first-order valence-electron chi connectivity index (χ1n) is 6.91. The zero-order valence-electron chi connectivity index (χ0n) is 12.8. The van der Waals surface area contributed by atoms with Gasteiger partial charge in [0.1, 0.15) is 23.2 Å². The van der Waals surface area contributed by atoms with E-state index in [4.69, 9.17) is 15.2 Å². The van der Waals surface area contributed by atoms with Gasteiger partial charge in [0.15, 0.2) is 0 Å². The SMILES string of the molecule is CCOC(=O)C1=C(C)OC(N)=C(C#N)C1c1cc(F)c(Br)cc1I. The number of carbonyl (C=O) groups excluding carboxylic acids is 1. The van der Waals surface area contributed by atoms with E-state index >= 15 is 0 Å². The number of halogens is 3. The monoisotopic (exact) mass is 506 g/mol. The molecule has 0 amide bonds. The molecule has 0 fully saturated rings. The highest BCUT2D eigenvalue weighted by Gasteiger charge is 2.37. The van der Waals surface area contributed by atoms with Crippen molar-refractivity contribution in [2.45, 2.75) is 19.8 Å². The molecular weight excluding hydrogens is 494 g/mol. The number of rotatable bonds is 3. The van der Waals surface area contributed by atoms with E-state index in [2.05, 4.69) is 15.9 Å². The Bertz CT molecular complexity index is 814. The van der Waals surface area contributed by atoms with E-state index in [1.807, 2.05) is 28.7 Å². The molecule has 0 spiro atoms. The van der Waals surface area contributed by atoms with Crippen molar-refractivity contribution in [1.29, 1.82) is 5.26 Å². The smallest absolute Gasteiger partial charge is 0.338 e. The highest BCUT2D eigenvalue weighted by atomic mass is 127. The predicted molar refractivity (Wildman–Crippen MR) is 96.8 cm³/mol. The molecule has 0 aliphatic carbocycles. The third kappa shape index (κ3) is 3.42. The maximum Gasteiger partial charge on any atom is 0.338 e. The highest BCUT2D eigenvalue weighted by Crippen LogP contribution is 2.42. The van der Waals surface area contributed by atoms with Gasteiger partial charge >= 0.3 is 5.97 Å². The molecule has 1 aromatic rings. The van der Waals surface area contributed by atoms with Crippen molar-refractivity contribution in [3.05, 3.63) is 54.3 Å². The van der Waals surface area contributed by atoms with E-state index in [0.29, 0.717) is 9.13 Å². The molecule has 1 atom stereocenters. The van der Waals surface area contributed by atoms with Crippen molar-refractivity contribution >= 4 is 44.5 Å². The average Bonchev–Trinajstić information content (AvgIpc) is 2.50. The third-order valence-corrected chi connectivity index (χ3v) is 4.99. The Morgan fingerprint density at radius 2 is 2.25 bits per heavy atom. The number of allylic oxidation sites excluding steroid dienone is 2. The summed E-state index contributed by atoms with van der Waals surface area (Å²) in [4.78, 5) is 12.4. The second-order valence-corrected chi connectivity index (χ2v) is 6.92. The lowest BCUT2D eigenvalue weighted by Gasteiger charge is -2.27. The number of hydrogen-bond acceptors (Lipinski definition) is 5. The van der Waals surface area contributed by atoms with E-state index < -0.39 is 17.7 Å². The largest absolute Gasteiger partial charge is 0.463 e. The first-order valence-corrected chi connectivity index (χ1v) is 8.78. The van der Waals surface area contributed by atoms with Crippen LogP contribution in [0.1, 0.15) is 25.3 Å². The van der Waals surface area contributed by atoms with Gasteiger partial charge in [-0.3, -0.25) is 0 Å². The van der Waals surface area contributed by atoms with Crippen molar-refractivity contribution in [2.24, 2.45) is 5.73 Å². The Kier molecular flexibility index (Phi) is 5.87. The molecule has 0 bridgehead atoms. The number of benzene rings is 1. The fraction of sp³-hybridized carbons (Fsp3) is 0.250. The molecule has 126 valence electrons. The van der Waals surface area contributed by atoms with Crippen LogP contribution in [0, 0.1) is 20.7 Å². The van der Waals surface area contributed by atoms with Crippen LogP contribution in [0.2, 0.25) is 0 Å². The standard InChI is InChI=1S/C16H13BrFIN2O3/c1-3-23-16(22)13-7(2)24-15(21)9(6-20)14(13)8-4-11(18)10(17)5-12(8)19/h4-5,14H,3,21H2,1-2H3. The molecule has 0 saturated heterocycles. The molecule has 1 unspecified atom stereocenters. The van der Waals surface area contributed by atoms with Crippen LogP contribution in [-0.2, 0) is 14.3 Å². The molecule has 1 aliphatic rings. The van der Waals surface area contributed by atoms with Gasteiger partial charge < -0.3 is 15.2 Å². The predicted octanol–water partition coefficient (Wildman–Crippen LogP) is 3.84. The number of carbonyl (C=O) groups is 1. The lowest BCUT2D eigenvalue weighted by molar-refractivity contribution is -0.139. The summed E-state index contributed by atoms with van der Waals surface area (Å²) >= 11 is 5.13. The molecule has 0 saturated carbocycles. The van der Waals surface area contributed by atoms with Crippen molar-refractivity contribution in [3.63, 3.8) is 0 Å². The molecule has 8 heteroatoms. The summed E-state index contributed by atoms with van der Waals surface area (Å²) in [5, 5.41) is 9.48. The van der Waals surface area contributed by atoms with Crippen LogP contribution in [0.4, 0.5) is 4.39 Å². The third-order valence-electron chi connectivity index (χ3n) is 3.45. The molecule has 0 aromatic heterocycles. The second kappa shape index (κ2) is 7.53.